The van der Waals surface area contributed by atoms with Crippen LogP contribution in [-0.4, -0.2) is 181 Å². The monoisotopic (exact) mass is 1620 g/mol. The molecule has 8 aromatic rings. The smallest absolute Gasteiger partial charge is 0.337 e. The minimum atomic E-state index is -1.88. The highest BCUT2D eigenvalue weighted by molar-refractivity contribution is 6.71. The van der Waals surface area contributed by atoms with Gasteiger partial charge in [0.15, 0.2) is 50.9 Å². The molecule has 3 aliphatic rings. The van der Waals surface area contributed by atoms with Crippen molar-refractivity contribution in [2.24, 2.45) is 15.3 Å². The minimum Gasteiger partial charge on any atom is -0.480 e. The number of halogens is 8. The molecule has 0 aliphatic carbocycles. The fourth-order valence-corrected chi connectivity index (χ4v) is 11.2. The van der Waals surface area contributed by atoms with Gasteiger partial charge >= 0.3 is 23.9 Å². The van der Waals surface area contributed by atoms with Crippen molar-refractivity contribution in [1.29, 1.82) is 0 Å². The number of tetrazole rings is 1. The van der Waals surface area contributed by atoms with Crippen LogP contribution in [0.2, 0.25) is 24.7 Å². The molecule has 9 atom stereocenters. The Morgan fingerprint density at radius 2 is 0.839 bits per heavy atom. The van der Waals surface area contributed by atoms with Gasteiger partial charge in [0.2, 0.25) is 5.91 Å². The van der Waals surface area contributed by atoms with Gasteiger partial charge < -0.3 is 55.3 Å². The fraction of sp³-hybridized carbons (Fsp3) is 0.247. The van der Waals surface area contributed by atoms with E-state index in [-0.39, 0.29) is 66.0 Å². The largest absolute Gasteiger partial charge is 0.480 e. The predicted octanol–water partition coefficient (Wildman–Crippen LogP) is 8.30. The number of rotatable bonds is 21. The van der Waals surface area contributed by atoms with Crippen LogP contribution in [-0.2, 0) is 58.9 Å². The molecular formula is C73H71Cl2F6N11O19Si. The standard InChI is InChI=1S/C20H17ClFN7O3.C14H15FN2O4.C12H11FN2O4.C11H14ClFO2Si.2C8H7FO3/c21-14-3-6-16(28-11-24-26-27-28)13(9-14)10-23-19(31)17-7-8-25-29(17)20(32)18(30)12-1-4-15(22)5-2-12;1-2-21-14(20)11-7-8-16-17(11)13(19)12(18)9-3-5-10(15)6-4-9;13-8-3-1-7(2-4-8)10(16)11(17)15-9(12(18)19)5-6-14-15;1-16(2,3)15-10(11(12)14)8-4-6-9(13)7-5-8;2*9-6-3-1-5(2-4-6)7(10)8(11)12/h1-6,8-9,11,17-18,30H,7,10H2,(H,23,31);3-6,8,11-12,18H,2,7H2,1H3;1-4,6,9-10,16H,5H2,(H,18,19);4-7,10H,1-3H3;2*1-4,7,10H,(H,11,12)/t17-,18+;11-,12+;9-,10+;10-;7-;/m00011./s1. The highest BCUT2D eigenvalue weighted by Gasteiger charge is 2.40. The van der Waals surface area contributed by atoms with Crippen molar-refractivity contribution < 1.29 is 120 Å². The number of hydrogen-bond donors (Lipinski definition) is 9. The Morgan fingerprint density at radius 1 is 0.500 bits per heavy atom. The van der Waals surface area contributed by atoms with Gasteiger partial charge in [-0.15, -0.1) is 5.10 Å². The number of hydrogen-bond acceptors (Lipinski definition) is 22. The number of aromatic nitrogens is 4. The summed E-state index contributed by atoms with van der Waals surface area (Å²) in [6, 6.07) is 31.5. The average molecular weight is 1620 g/mol. The third kappa shape index (κ3) is 26.5. The Kier molecular flexibility index (Phi) is 33.7. The summed E-state index contributed by atoms with van der Waals surface area (Å²) in [7, 11) is -1.88. The maximum Gasteiger partial charge on any atom is 0.337 e. The number of benzene rings is 7. The topological polar surface area (TPSA) is 436 Å². The van der Waals surface area contributed by atoms with Crippen LogP contribution in [0, 0.1) is 34.9 Å². The summed E-state index contributed by atoms with van der Waals surface area (Å²) in [6.07, 6.45) is -2.56. The van der Waals surface area contributed by atoms with E-state index >= 15 is 0 Å². The molecule has 4 heterocycles. The SMILES string of the molecule is CCOC(=O)[C@@H]1CC=NN1C(=O)[C@H](O)c1ccc(F)cc1.C[Si](C)(C)O[C@@H](C(=O)Cl)c1ccc(F)cc1.O=C(NCc1cc(Cl)ccc1-n1cnnn1)[C@@H]1CC=NN1C(=O)[C@H](O)c1ccc(F)cc1.O=C(O)C(O)c1ccc(F)cc1.O=C(O)[C@@H]1CC=NN1C(=O)[C@H](O)c1ccc(F)cc1.O=C(O)[C@H](O)c1ccc(F)cc1. The van der Waals surface area contributed by atoms with Crippen LogP contribution in [0.3, 0.4) is 0 Å². The van der Waals surface area contributed by atoms with Gasteiger partial charge in [-0.05, 0) is 179 Å². The highest BCUT2D eigenvalue weighted by atomic mass is 35.5. The number of amides is 4. The van der Waals surface area contributed by atoms with E-state index in [1.54, 1.807) is 25.1 Å². The number of esters is 1. The number of nitrogens with zero attached hydrogens (tertiary/aromatic N) is 10. The van der Waals surface area contributed by atoms with Gasteiger partial charge in [-0.3, -0.25) is 24.0 Å². The number of carboxylic acids is 3. The zero-order valence-electron chi connectivity index (χ0n) is 59.2. The van der Waals surface area contributed by atoms with Gasteiger partial charge in [0.05, 0.1) is 12.3 Å². The molecule has 7 aromatic carbocycles. The van der Waals surface area contributed by atoms with E-state index in [9.17, 15) is 84.8 Å². The van der Waals surface area contributed by atoms with E-state index in [0.29, 0.717) is 21.8 Å². The average Bonchev–Trinajstić information content (AvgIpc) is 1.66. The molecule has 112 heavy (non-hydrogen) atoms. The predicted molar refractivity (Wildman–Crippen MR) is 388 cm³/mol. The molecule has 39 heteroatoms. The Bertz CT molecular complexity index is 4560. The number of aliphatic hydroxyl groups excluding tert-OH is 5. The van der Waals surface area contributed by atoms with Crippen molar-refractivity contribution in [2.75, 3.05) is 6.61 Å². The van der Waals surface area contributed by atoms with Crippen molar-refractivity contribution in [1.82, 2.24) is 40.6 Å². The summed E-state index contributed by atoms with van der Waals surface area (Å²) in [5, 5.41) is 101. The van der Waals surface area contributed by atoms with Crippen molar-refractivity contribution in [3.8, 4) is 5.69 Å². The summed E-state index contributed by atoms with van der Waals surface area (Å²) in [5.41, 5.74) is 2.81. The molecule has 0 spiro atoms. The van der Waals surface area contributed by atoms with Crippen molar-refractivity contribution in [3.05, 3.63) is 249 Å². The Balaban J connectivity index is 0.000000217. The molecule has 0 saturated heterocycles. The second kappa shape index (κ2) is 42.4. The van der Waals surface area contributed by atoms with E-state index < -0.39 is 145 Å². The lowest BCUT2D eigenvalue weighted by Gasteiger charge is -2.24. The van der Waals surface area contributed by atoms with Crippen LogP contribution in [0.1, 0.15) is 102 Å². The van der Waals surface area contributed by atoms with Gasteiger partial charge in [0, 0.05) is 49.5 Å². The Hall–Kier alpha value is -11.8. The van der Waals surface area contributed by atoms with Crippen LogP contribution in [0.15, 0.2) is 185 Å². The quantitative estimate of drug-likeness (QED) is 0.0141. The molecule has 3 aliphatic heterocycles. The normalized spacial score (nSPS) is 16.0. The Labute approximate surface area is 643 Å². The number of carboxylic acid groups (broad SMARTS) is 3. The molecule has 0 fully saturated rings. The van der Waals surface area contributed by atoms with Crippen molar-refractivity contribution in [2.45, 2.75) is 107 Å². The number of carbonyl (C=O) groups is 9. The van der Waals surface area contributed by atoms with Crippen molar-refractivity contribution >= 4 is 103 Å². The summed E-state index contributed by atoms with van der Waals surface area (Å²) in [5.74, 6) is -10.1. The number of aliphatic hydroxyl groups is 5. The van der Waals surface area contributed by atoms with Crippen LogP contribution in [0.25, 0.3) is 5.69 Å². The molecule has 0 saturated carbocycles. The second-order valence-corrected chi connectivity index (χ2v) is 29.7. The van der Waals surface area contributed by atoms with Gasteiger partial charge in [0.1, 0.15) is 53.4 Å². The zero-order valence-corrected chi connectivity index (χ0v) is 61.7. The first kappa shape index (κ1) is 89.1. The summed E-state index contributed by atoms with van der Waals surface area (Å²) >= 11 is 11.6. The molecule has 0 radical (unpaired) electrons. The number of aliphatic carboxylic acids is 3. The van der Waals surface area contributed by atoms with E-state index in [4.69, 9.17) is 57.9 Å². The molecule has 4 amide bonds. The first-order valence-electron chi connectivity index (χ1n) is 33.0. The van der Waals surface area contributed by atoms with Gasteiger partial charge in [-0.25, -0.2) is 65.2 Å². The molecule has 592 valence electrons. The van der Waals surface area contributed by atoms with E-state index in [0.717, 1.165) is 75.7 Å². The lowest BCUT2D eigenvalue weighted by molar-refractivity contribution is -0.157. The van der Waals surface area contributed by atoms with Crippen LogP contribution < -0.4 is 5.32 Å². The minimum absolute atomic E-state index is 0.0909. The van der Waals surface area contributed by atoms with Crippen LogP contribution in [0.4, 0.5) is 26.3 Å². The molecule has 1 unspecified atom stereocenters. The third-order valence-corrected chi connectivity index (χ3v) is 16.7. The number of carbonyl (C=O) groups excluding carboxylic acids is 6. The zero-order chi connectivity index (χ0) is 82.7. The lowest BCUT2D eigenvalue weighted by Crippen LogP contribution is -2.46. The molecule has 30 nitrogen and oxygen atoms in total. The van der Waals surface area contributed by atoms with E-state index in [1.807, 2.05) is 19.6 Å². The first-order chi connectivity index (χ1) is 53.0. The molecule has 9 N–H and O–H groups in total. The van der Waals surface area contributed by atoms with Gasteiger partial charge in [-0.1, -0.05) is 84.4 Å². The lowest BCUT2D eigenvalue weighted by atomic mass is 10.1. The van der Waals surface area contributed by atoms with Gasteiger partial charge in [-0.2, -0.15) is 15.3 Å². The maximum atomic E-state index is 13.1. The van der Waals surface area contributed by atoms with Crippen molar-refractivity contribution in [3.63, 3.8) is 0 Å². The Morgan fingerprint density at radius 3 is 1.17 bits per heavy atom. The van der Waals surface area contributed by atoms with Crippen LogP contribution >= 0.6 is 23.2 Å². The summed E-state index contributed by atoms with van der Waals surface area (Å²) < 4.78 is 88.0. The summed E-state index contributed by atoms with van der Waals surface area (Å²) in [6.45, 7) is 7.83. The number of hydrazone groups is 3. The number of ether oxygens (including phenoxy) is 1. The maximum absolute atomic E-state index is 13.1. The fourth-order valence-electron chi connectivity index (χ4n) is 9.78. The third-order valence-electron chi connectivity index (χ3n) is 15.4. The molecule has 11 rings (SSSR count). The molecule has 1 aromatic heterocycles. The van der Waals surface area contributed by atoms with Crippen LogP contribution in [0.5, 0.6) is 0 Å². The second-order valence-electron chi connectivity index (χ2n) is 24.4. The number of nitrogens with one attached hydrogen (secondary N) is 1. The molecular weight excluding hydrogens is 1550 g/mol. The van der Waals surface area contributed by atoms with E-state index in [1.165, 1.54) is 115 Å². The van der Waals surface area contributed by atoms with Gasteiger partial charge in [0.25, 0.3) is 23.0 Å². The van der Waals surface area contributed by atoms with E-state index in [2.05, 4.69) is 36.1 Å². The highest BCUT2D eigenvalue weighted by Crippen LogP contribution is 2.28. The summed E-state index contributed by atoms with van der Waals surface area (Å²) in [4.78, 5) is 104. The first-order valence-corrected chi connectivity index (χ1v) is 37.2. The molecule has 0 bridgehead atoms.